The number of hydrogen-bond donors (Lipinski definition) is 2. The number of nitrogens with one attached hydrogen (secondary N) is 1. The molecule has 0 aromatic heterocycles. The van der Waals surface area contributed by atoms with Crippen molar-refractivity contribution < 1.29 is 19.4 Å². The molecule has 0 saturated carbocycles. The van der Waals surface area contributed by atoms with Crippen LogP contribution in [0.2, 0.25) is 0 Å². The van der Waals surface area contributed by atoms with Crippen molar-refractivity contribution in [2.24, 2.45) is 5.92 Å². The molecule has 2 atom stereocenters. The molecule has 5 heteroatoms. The molecule has 5 nitrogen and oxygen atoms in total. The van der Waals surface area contributed by atoms with Crippen LogP contribution < -0.4 is 14.8 Å². The molecule has 0 radical (unpaired) electrons. The van der Waals surface area contributed by atoms with E-state index in [4.69, 9.17) is 9.47 Å². The van der Waals surface area contributed by atoms with Gasteiger partial charge in [0.25, 0.3) is 0 Å². The molecule has 2 heterocycles. The summed E-state index contributed by atoms with van der Waals surface area (Å²) < 4.78 is 10.6. The molecule has 2 N–H and O–H groups in total. The van der Waals surface area contributed by atoms with Crippen LogP contribution in [0.15, 0.2) is 18.2 Å². The molecule has 0 bridgehead atoms. The maximum absolute atomic E-state index is 11.3. The fourth-order valence-electron chi connectivity index (χ4n) is 2.66. The minimum absolute atomic E-state index is 0.0400. The van der Waals surface area contributed by atoms with Crippen molar-refractivity contribution >= 4 is 5.97 Å². The Morgan fingerprint density at radius 1 is 1.33 bits per heavy atom. The standard InChI is InChI=1S/C13H15NO4/c15-13(16)10-6-14-4-3-9(10)8-1-2-11-12(5-8)18-7-17-11/h1-2,5,9-10,14H,3-4,6-7H2,(H,15,16). The minimum Gasteiger partial charge on any atom is -0.481 e. The SMILES string of the molecule is O=C(O)C1CNCCC1c1ccc2c(c1)OCO2. The number of carbonyl (C=O) groups is 1. The van der Waals surface area contributed by atoms with Gasteiger partial charge in [-0.15, -0.1) is 0 Å². The van der Waals surface area contributed by atoms with Crippen molar-refractivity contribution in [3.8, 4) is 11.5 Å². The lowest BCUT2D eigenvalue weighted by Crippen LogP contribution is -2.39. The van der Waals surface area contributed by atoms with E-state index >= 15 is 0 Å². The van der Waals surface area contributed by atoms with Gasteiger partial charge in [-0.3, -0.25) is 4.79 Å². The molecule has 2 aliphatic rings. The van der Waals surface area contributed by atoms with Crippen LogP contribution >= 0.6 is 0 Å². The lowest BCUT2D eigenvalue weighted by Gasteiger charge is -2.29. The monoisotopic (exact) mass is 249 g/mol. The first-order valence-electron chi connectivity index (χ1n) is 6.09. The smallest absolute Gasteiger partial charge is 0.308 e. The molecule has 2 aliphatic heterocycles. The molecule has 0 aliphatic carbocycles. The van der Waals surface area contributed by atoms with E-state index in [1.165, 1.54) is 0 Å². The van der Waals surface area contributed by atoms with Gasteiger partial charge in [0, 0.05) is 6.54 Å². The molecule has 18 heavy (non-hydrogen) atoms. The average molecular weight is 249 g/mol. The summed E-state index contributed by atoms with van der Waals surface area (Å²) in [6.45, 7) is 1.62. The van der Waals surface area contributed by atoms with Crippen LogP contribution in [-0.2, 0) is 4.79 Å². The maximum atomic E-state index is 11.3. The van der Waals surface area contributed by atoms with E-state index in [9.17, 15) is 9.90 Å². The third-order valence-electron chi connectivity index (χ3n) is 3.62. The first kappa shape index (κ1) is 11.3. The van der Waals surface area contributed by atoms with E-state index in [1.807, 2.05) is 18.2 Å². The highest BCUT2D eigenvalue weighted by Gasteiger charge is 2.32. The van der Waals surface area contributed by atoms with E-state index in [0.717, 1.165) is 30.0 Å². The number of rotatable bonds is 2. The van der Waals surface area contributed by atoms with Crippen LogP contribution in [0.4, 0.5) is 0 Å². The van der Waals surface area contributed by atoms with Gasteiger partial charge in [0.1, 0.15) is 0 Å². The second-order valence-corrected chi connectivity index (χ2v) is 4.66. The summed E-state index contributed by atoms with van der Waals surface area (Å²) in [6.07, 6.45) is 0.830. The number of carboxylic acid groups (broad SMARTS) is 1. The summed E-state index contributed by atoms with van der Waals surface area (Å²) in [5, 5.41) is 12.4. The van der Waals surface area contributed by atoms with Gasteiger partial charge < -0.3 is 19.9 Å². The van der Waals surface area contributed by atoms with Crippen LogP contribution in [0.1, 0.15) is 17.9 Å². The molecule has 96 valence electrons. The van der Waals surface area contributed by atoms with Crippen LogP contribution in [-0.4, -0.2) is 31.0 Å². The Hall–Kier alpha value is -1.75. The molecule has 1 aromatic rings. The van der Waals surface area contributed by atoms with Gasteiger partial charge in [0.05, 0.1) is 5.92 Å². The van der Waals surface area contributed by atoms with Gasteiger partial charge in [-0.2, -0.15) is 0 Å². The highest BCUT2D eigenvalue weighted by molar-refractivity contribution is 5.72. The van der Waals surface area contributed by atoms with Gasteiger partial charge in [-0.25, -0.2) is 0 Å². The van der Waals surface area contributed by atoms with Gasteiger partial charge in [0.15, 0.2) is 11.5 Å². The van der Waals surface area contributed by atoms with Gasteiger partial charge in [-0.1, -0.05) is 6.07 Å². The lowest BCUT2D eigenvalue weighted by atomic mass is 9.81. The predicted octanol–water partition coefficient (Wildman–Crippen LogP) is 1.19. The highest BCUT2D eigenvalue weighted by Crippen LogP contribution is 2.38. The van der Waals surface area contributed by atoms with Crippen molar-refractivity contribution in [3.63, 3.8) is 0 Å². The number of fused-ring (bicyclic) bond motifs is 1. The van der Waals surface area contributed by atoms with Crippen molar-refractivity contribution in [2.45, 2.75) is 12.3 Å². The predicted molar refractivity (Wildman–Crippen MR) is 63.9 cm³/mol. The second-order valence-electron chi connectivity index (χ2n) is 4.66. The summed E-state index contributed by atoms with van der Waals surface area (Å²) in [5.74, 6) is 0.372. The van der Waals surface area contributed by atoms with E-state index in [2.05, 4.69) is 5.32 Å². The Morgan fingerprint density at radius 3 is 3.00 bits per heavy atom. The van der Waals surface area contributed by atoms with E-state index in [-0.39, 0.29) is 18.6 Å². The molecule has 1 aromatic carbocycles. The summed E-state index contributed by atoms with van der Waals surface area (Å²) in [7, 11) is 0. The van der Waals surface area contributed by atoms with Crippen LogP contribution in [0.5, 0.6) is 11.5 Å². The minimum atomic E-state index is -0.745. The number of benzene rings is 1. The first-order valence-corrected chi connectivity index (χ1v) is 6.09. The molecule has 3 rings (SSSR count). The van der Waals surface area contributed by atoms with Crippen molar-refractivity contribution in [2.75, 3.05) is 19.9 Å². The van der Waals surface area contributed by atoms with Crippen molar-refractivity contribution in [3.05, 3.63) is 23.8 Å². The Balaban J connectivity index is 1.90. The summed E-state index contributed by atoms with van der Waals surface area (Å²) in [4.78, 5) is 11.3. The van der Waals surface area contributed by atoms with Crippen LogP contribution in [0.3, 0.4) is 0 Å². The fraction of sp³-hybridized carbons (Fsp3) is 0.462. The van der Waals surface area contributed by atoms with Gasteiger partial charge in [-0.05, 0) is 36.6 Å². The van der Waals surface area contributed by atoms with Gasteiger partial charge >= 0.3 is 5.97 Å². The van der Waals surface area contributed by atoms with Crippen LogP contribution in [0, 0.1) is 5.92 Å². The number of piperidine rings is 1. The number of ether oxygens (including phenoxy) is 2. The third-order valence-corrected chi connectivity index (χ3v) is 3.62. The first-order chi connectivity index (χ1) is 8.75. The fourth-order valence-corrected chi connectivity index (χ4v) is 2.66. The zero-order chi connectivity index (χ0) is 12.5. The Bertz CT molecular complexity index is 474. The second kappa shape index (κ2) is 4.49. The Morgan fingerprint density at radius 2 is 2.17 bits per heavy atom. The molecule has 2 unspecified atom stereocenters. The number of aliphatic carboxylic acids is 1. The topological polar surface area (TPSA) is 67.8 Å². The van der Waals surface area contributed by atoms with Crippen LogP contribution in [0.25, 0.3) is 0 Å². The lowest BCUT2D eigenvalue weighted by molar-refractivity contribution is -0.142. The number of hydrogen-bond acceptors (Lipinski definition) is 4. The summed E-state index contributed by atoms with van der Waals surface area (Å²) in [5.41, 5.74) is 1.02. The largest absolute Gasteiger partial charge is 0.481 e. The molecule has 1 fully saturated rings. The number of carboxylic acids is 1. The normalized spacial score (nSPS) is 26.0. The molecule has 1 saturated heterocycles. The maximum Gasteiger partial charge on any atom is 0.308 e. The summed E-state index contributed by atoms with van der Waals surface area (Å²) in [6, 6.07) is 5.71. The van der Waals surface area contributed by atoms with E-state index in [0.29, 0.717) is 6.54 Å². The van der Waals surface area contributed by atoms with E-state index < -0.39 is 5.97 Å². The quantitative estimate of drug-likeness (QED) is 0.824. The van der Waals surface area contributed by atoms with Crippen molar-refractivity contribution in [1.29, 1.82) is 0 Å². The van der Waals surface area contributed by atoms with Gasteiger partial charge in [0.2, 0.25) is 6.79 Å². The molecule has 0 amide bonds. The molecular formula is C13H15NO4. The zero-order valence-corrected chi connectivity index (χ0v) is 9.89. The van der Waals surface area contributed by atoms with Crippen molar-refractivity contribution in [1.82, 2.24) is 5.32 Å². The zero-order valence-electron chi connectivity index (χ0n) is 9.89. The van der Waals surface area contributed by atoms with E-state index in [1.54, 1.807) is 0 Å². The summed E-state index contributed by atoms with van der Waals surface area (Å²) >= 11 is 0. The Kier molecular flexibility index (Phi) is 2.83. The Labute approximate surface area is 105 Å². The molecule has 0 spiro atoms. The average Bonchev–Trinajstić information content (AvgIpc) is 2.85. The highest BCUT2D eigenvalue weighted by atomic mass is 16.7. The third kappa shape index (κ3) is 1.90. The molecular weight excluding hydrogens is 234 g/mol.